The van der Waals surface area contributed by atoms with Gasteiger partial charge in [-0.3, -0.25) is 14.3 Å². The molecule has 1 N–H and O–H groups in total. The molecule has 142 valence electrons. The van der Waals surface area contributed by atoms with Crippen molar-refractivity contribution in [2.75, 3.05) is 0 Å². The number of H-pyrrole nitrogens is 1. The van der Waals surface area contributed by atoms with Crippen LogP contribution in [-0.4, -0.2) is 29.8 Å². The molecule has 0 saturated carbocycles. The minimum atomic E-state index is -2.22. The summed E-state index contributed by atoms with van der Waals surface area (Å²) in [6.07, 6.45) is -0.0462. The summed E-state index contributed by atoms with van der Waals surface area (Å²) in [6.45, 7) is 13.9. The highest BCUT2D eigenvalue weighted by Gasteiger charge is 2.56. The fraction of sp³-hybridized carbons (Fsp3) is 0.765. The summed E-state index contributed by atoms with van der Waals surface area (Å²) in [4.78, 5) is 25.7. The Bertz CT molecular complexity index is 739. The molecule has 0 unspecified atom stereocenters. The lowest BCUT2D eigenvalue weighted by Crippen LogP contribution is -2.48. The average molecular weight is 373 g/mol. The van der Waals surface area contributed by atoms with Gasteiger partial charge in [0.1, 0.15) is 0 Å². The van der Waals surface area contributed by atoms with E-state index in [2.05, 4.69) is 38.8 Å². The Kier molecular flexibility index (Phi) is 5.20. The van der Waals surface area contributed by atoms with Gasteiger partial charge in [0.2, 0.25) is 5.85 Å². The Hall–Kier alpha value is -1.25. The zero-order valence-corrected chi connectivity index (χ0v) is 17.1. The van der Waals surface area contributed by atoms with E-state index < -0.39 is 43.7 Å². The fourth-order valence-corrected chi connectivity index (χ4v) is 4.15. The Morgan fingerprint density at radius 2 is 2.00 bits per heavy atom. The highest BCUT2D eigenvalue weighted by Crippen LogP contribution is 2.48. The molecular weight excluding hydrogens is 343 g/mol. The monoisotopic (exact) mass is 372 g/mol. The van der Waals surface area contributed by atoms with Gasteiger partial charge in [0, 0.05) is 24.6 Å². The number of nitrogens with one attached hydrogen (secondary N) is 1. The number of alkyl halides is 1. The van der Waals surface area contributed by atoms with Crippen molar-refractivity contribution in [3.8, 4) is 0 Å². The lowest BCUT2D eigenvalue weighted by atomic mass is 9.96. The lowest BCUT2D eigenvalue weighted by Gasteiger charge is -2.40. The molecule has 0 amide bonds. The number of aromatic amines is 1. The van der Waals surface area contributed by atoms with Crippen molar-refractivity contribution >= 4 is 8.32 Å². The molecule has 0 aliphatic carbocycles. The molecule has 1 aromatic heterocycles. The predicted octanol–water partition coefficient (Wildman–Crippen LogP) is 3.17. The van der Waals surface area contributed by atoms with E-state index in [0.717, 1.165) is 0 Å². The quantitative estimate of drug-likeness (QED) is 0.824. The zero-order valence-electron chi connectivity index (χ0n) is 16.1. The predicted molar refractivity (Wildman–Crippen MR) is 96.8 cm³/mol. The van der Waals surface area contributed by atoms with E-state index in [9.17, 15) is 9.59 Å². The van der Waals surface area contributed by atoms with E-state index in [4.69, 9.17) is 9.16 Å². The van der Waals surface area contributed by atoms with Gasteiger partial charge in [0.25, 0.3) is 5.56 Å². The van der Waals surface area contributed by atoms with E-state index in [-0.39, 0.29) is 11.5 Å². The number of ether oxygens (including phenoxy) is 1. The van der Waals surface area contributed by atoms with Crippen molar-refractivity contribution in [1.29, 1.82) is 0 Å². The first-order valence-corrected chi connectivity index (χ1v) is 11.6. The molecule has 8 heteroatoms. The molecular formula is C17H29FN2O4Si. The zero-order chi connectivity index (χ0) is 19.2. The second-order valence-electron chi connectivity index (χ2n) is 8.30. The van der Waals surface area contributed by atoms with Gasteiger partial charge in [-0.15, -0.1) is 0 Å². The van der Waals surface area contributed by atoms with Gasteiger partial charge in [0.15, 0.2) is 14.5 Å². The first-order valence-electron chi connectivity index (χ1n) is 8.68. The van der Waals surface area contributed by atoms with E-state index in [1.807, 2.05) is 0 Å². The molecule has 25 heavy (non-hydrogen) atoms. The van der Waals surface area contributed by atoms with Crippen LogP contribution in [0.4, 0.5) is 4.39 Å². The van der Waals surface area contributed by atoms with Gasteiger partial charge >= 0.3 is 5.69 Å². The topological polar surface area (TPSA) is 73.3 Å². The molecule has 1 saturated heterocycles. The molecule has 2 rings (SSSR count). The second-order valence-corrected chi connectivity index (χ2v) is 13.1. The number of rotatable bonds is 4. The summed E-state index contributed by atoms with van der Waals surface area (Å²) in [5, 5.41) is -0.0684. The minimum Gasteiger partial charge on any atom is -0.409 e. The maximum Gasteiger partial charge on any atom is 0.330 e. The summed E-state index contributed by atoms with van der Waals surface area (Å²) in [5.41, 5.74) is -1.13. The fourth-order valence-electron chi connectivity index (χ4n) is 2.79. The van der Waals surface area contributed by atoms with Crippen LogP contribution < -0.4 is 11.2 Å². The first-order chi connectivity index (χ1) is 11.3. The van der Waals surface area contributed by atoms with Crippen LogP contribution in [0.25, 0.3) is 0 Å². The van der Waals surface area contributed by atoms with Gasteiger partial charge < -0.3 is 9.16 Å². The number of aromatic nitrogens is 2. The number of hydrogen-bond acceptors (Lipinski definition) is 4. The molecule has 0 radical (unpaired) electrons. The van der Waals surface area contributed by atoms with Gasteiger partial charge in [0.05, 0.1) is 6.10 Å². The molecule has 1 fully saturated rings. The van der Waals surface area contributed by atoms with Gasteiger partial charge in [-0.1, -0.05) is 34.6 Å². The van der Waals surface area contributed by atoms with Crippen LogP contribution in [0.1, 0.15) is 47.3 Å². The Morgan fingerprint density at radius 3 is 2.48 bits per heavy atom. The molecule has 2 heterocycles. The van der Waals surface area contributed by atoms with Crippen molar-refractivity contribution in [2.45, 2.75) is 77.4 Å². The van der Waals surface area contributed by atoms with Crippen LogP contribution in [0.15, 0.2) is 21.9 Å². The SMILES string of the molecule is CC[C@@]1(F)O[C@@H](n2ccc(=O)[nH]c2=O)[C@H](O[Si](C)(C)C(C)(C)C)[C@@H]1C. The highest BCUT2D eigenvalue weighted by molar-refractivity contribution is 6.74. The van der Waals surface area contributed by atoms with E-state index in [1.54, 1.807) is 13.8 Å². The van der Waals surface area contributed by atoms with Crippen molar-refractivity contribution in [3.05, 3.63) is 33.1 Å². The molecule has 6 nitrogen and oxygen atoms in total. The molecule has 4 atom stereocenters. The highest BCUT2D eigenvalue weighted by atomic mass is 28.4. The maximum atomic E-state index is 15.2. The second kappa shape index (κ2) is 6.48. The summed E-state index contributed by atoms with van der Waals surface area (Å²) in [7, 11) is -2.22. The summed E-state index contributed by atoms with van der Waals surface area (Å²) in [5.74, 6) is -2.43. The molecule has 1 aliphatic rings. The van der Waals surface area contributed by atoms with Crippen molar-refractivity contribution in [3.63, 3.8) is 0 Å². The minimum absolute atomic E-state index is 0.0684. The molecule has 0 bridgehead atoms. The van der Waals surface area contributed by atoms with Crippen LogP contribution in [-0.2, 0) is 9.16 Å². The Labute approximate surface area is 148 Å². The van der Waals surface area contributed by atoms with E-state index in [1.165, 1.54) is 16.8 Å². The van der Waals surface area contributed by atoms with E-state index in [0.29, 0.717) is 0 Å². The Balaban J connectivity index is 2.48. The third-order valence-electron chi connectivity index (χ3n) is 5.61. The summed E-state index contributed by atoms with van der Waals surface area (Å²) >= 11 is 0. The third-order valence-corrected chi connectivity index (χ3v) is 10.1. The van der Waals surface area contributed by atoms with Gasteiger partial charge in [-0.25, -0.2) is 9.18 Å². The average Bonchev–Trinajstić information content (AvgIpc) is 2.71. The van der Waals surface area contributed by atoms with Crippen molar-refractivity contribution in [1.82, 2.24) is 9.55 Å². The van der Waals surface area contributed by atoms with Crippen molar-refractivity contribution < 1.29 is 13.6 Å². The van der Waals surface area contributed by atoms with Crippen LogP contribution in [0, 0.1) is 5.92 Å². The summed E-state index contributed by atoms with van der Waals surface area (Å²) in [6, 6.07) is 1.23. The largest absolute Gasteiger partial charge is 0.409 e. The van der Waals surface area contributed by atoms with Gasteiger partial charge in [-0.2, -0.15) is 0 Å². The van der Waals surface area contributed by atoms with Crippen LogP contribution in [0.3, 0.4) is 0 Å². The number of hydrogen-bond donors (Lipinski definition) is 1. The van der Waals surface area contributed by atoms with Crippen molar-refractivity contribution in [2.24, 2.45) is 5.92 Å². The Morgan fingerprint density at radius 1 is 1.40 bits per heavy atom. The van der Waals surface area contributed by atoms with E-state index >= 15 is 4.39 Å². The first kappa shape index (κ1) is 20.1. The number of halogens is 1. The third kappa shape index (κ3) is 3.66. The number of nitrogens with zero attached hydrogens (tertiary/aromatic N) is 1. The molecule has 0 aromatic carbocycles. The molecule has 1 aliphatic heterocycles. The maximum absolute atomic E-state index is 15.2. The smallest absolute Gasteiger partial charge is 0.330 e. The molecule has 1 aromatic rings. The lowest BCUT2D eigenvalue weighted by molar-refractivity contribution is -0.173. The van der Waals surface area contributed by atoms with Crippen LogP contribution in [0.2, 0.25) is 18.1 Å². The van der Waals surface area contributed by atoms with Gasteiger partial charge in [-0.05, 0) is 18.1 Å². The standard InChI is InChI=1S/C17H29FN2O4Si/c1-8-17(18)11(2)13(24-25(6,7)16(3,4)5)14(23-17)20-10-9-12(21)19-15(20)22/h9-11,13-14H,8H2,1-7H3,(H,19,21,22)/t11-,13+,14+,17+/m0/s1. The normalized spacial score (nSPS) is 30.6. The van der Waals surface area contributed by atoms with Crippen LogP contribution >= 0.6 is 0 Å². The summed E-state index contributed by atoms with van der Waals surface area (Å²) < 4.78 is 28.6. The molecule has 0 spiro atoms. The van der Waals surface area contributed by atoms with Crippen LogP contribution in [0.5, 0.6) is 0 Å².